The minimum atomic E-state index is -0.702. The Hall–Kier alpha value is -3.99. The number of carbonyl (C=O) groups is 2. The Morgan fingerprint density at radius 1 is 1.24 bits per heavy atom. The number of methoxy groups -OCH3 is 1. The number of hydrogen-bond donors (Lipinski definition) is 1. The molecule has 0 spiro atoms. The maximum atomic E-state index is 13.0. The van der Waals surface area contributed by atoms with Crippen LogP contribution in [0.25, 0.3) is 0 Å². The molecule has 0 unspecified atom stereocenters. The van der Waals surface area contributed by atoms with E-state index in [1.807, 2.05) is 26.0 Å². The second kappa shape index (κ2) is 10.8. The smallest absolute Gasteiger partial charge is 0.286 e. The van der Waals surface area contributed by atoms with Crippen LogP contribution in [-0.4, -0.2) is 47.3 Å². The predicted octanol–water partition coefficient (Wildman–Crippen LogP) is 3.97. The van der Waals surface area contributed by atoms with E-state index in [2.05, 4.69) is 10.3 Å². The summed E-state index contributed by atoms with van der Waals surface area (Å²) in [6.45, 7) is 3.60. The molecule has 11 heteroatoms. The van der Waals surface area contributed by atoms with Gasteiger partial charge in [0.05, 0.1) is 35.8 Å². The molecule has 0 bridgehead atoms. The standard InChI is InChI=1S/C23H24N4O6S/c1-14-6-5-7-18(15(14)2)25-22(28)10-26(3)23(29)17-8-20(32-4)21(9-19(17)27(30)31)33-11-16-12-34-13-24-16/h5-9,12-13H,10-11H2,1-4H3,(H,25,28). The minimum Gasteiger partial charge on any atom is -0.493 e. The lowest BCUT2D eigenvalue weighted by Gasteiger charge is -2.19. The summed E-state index contributed by atoms with van der Waals surface area (Å²) in [5, 5.41) is 16.3. The van der Waals surface area contributed by atoms with Crippen LogP contribution in [0.15, 0.2) is 41.2 Å². The number of nitrogens with one attached hydrogen (secondary N) is 1. The van der Waals surface area contributed by atoms with Gasteiger partial charge in [0.15, 0.2) is 11.5 Å². The fraction of sp³-hybridized carbons (Fsp3) is 0.261. The lowest BCUT2D eigenvalue weighted by Crippen LogP contribution is -2.35. The Balaban J connectivity index is 1.79. The zero-order valence-corrected chi connectivity index (χ0v) is 20.0. The van der Waals surface area contributed by atoms with Crippen LogP contribution in [0.2, 0.25) is 0 Å². The maximum Gasteiger partial charge on any atom is 0.286 e. The van der Waals surface area contributed by atoms with Gasteiger partial charge in [0.2, 0.25) is 5.91 Å². The Morgan fingerprint density at radius 3 is 2.65 bits per heavy atom. The first-order valence-corrected chi connectivity index (χ1v) is 11.1. The fourth-order valence-electron chi connectivity index (χ4n) is 3.17. The van der Waals surface area contributed by atoms with Gasteiger partial charge in [0, 0.05) is 24.2 Å². The van der Waals surface area contributed by atoms with E-state index in [4.69, 9.17) is 9.47 Å². The van der Waals surface area contributed by atoms with Crippen molar-refractivity contribution in [3.63, 3.8) is 0 Å². The van der Waals surface area contributed by atoms with E-state index in [0.717, 1.165) is 22.1 Å². The number of carbonyl (C=O) groups excluding carboxylic acids is 2. The normalized spacial score (nSPS) is 10.5. The number of thiazole rings is 1. The molecule has 10 nitrogen and oxygen atoms in total. The molecule has 1 heterocycles. The van der Waals surface area contributed by atoms with E-state index in [-0.39, 0.29) is 30.2 Å². The average molecular weight is 485 g/mol. The van der Waals surface area contributed by atoms with E-state index in [1.165, 1.54) is 31.6 Å². The molecule has 0 fully saturated rings. The molecule has 0 saturated heterocycles. The number of ether oxygens (including phenoxy) is 2. The summed E-state index contributed by atoms with van der Waals surface area (Å²) in [5.74, 6) is -0.874. The Bertz CT molecular complexity index is 1210. The number of hydrogen-bond acceptors (Lipinski definition) is 8. The quantitative estimate of drug-likeness (QED) is 0.360. The highest BCUT2D eigenvalue weighted by Crippen LogP contribution is 2.35. The molecule has 1 N–H and O–H groups in total. The minimum absolute atomic E-state index is 0.0861. The number of benzene rings is 2. The van der Waals surface area contributed by atoms with Crippen molar-refractivity contribution in [1.29, 1.82) is 0 Å². The zero-order valence-electron chi connectivity index (χ0n) is 19.2. The maximum absolute atomic E-state index is 13.0. The molecule has 0 atom stereocenters. The number of nitro benzene ring substituents is 1. The Morgan fingerprint density at radius 2 is 2.00 bits per heavy atom. The number of amides is 2. The van der Waals surface area contributed by atoms with Crippen molar-refractivity contribution in [1.82, 2.24) is 9.88 Å². The van der Waals surface area contributed by atoms with Crippen molar-refractivity contribution in [2.75, 3.05) is 26.0 Å². The summed E-state index contributed by atoms with van der Waals surface area (Å²) in [4.78, 5) is 41.8. The molecule has 178 valence electrons. The fourth-order valence-corrected chi connectivity index (χ4v) is 3.72. The first kappa shape index (κ1) is 24.6. The van der Waals surface area contributed by atoms with Crippen molar-refractivity contribution in [2.24, 2.45) is 0 Å². The van der Waals surface area contributed by atoms with Gasteiger partial charge in [-0.2, -0.15) is 0 Å². The van der Waals surface area contributed by atoms with Crippen molar-refractivity contribution < 1.29 is 24.0 Å². The number of aryl methyl sites for hydroxylation is 1. The second-order valence-electron chi connectivity index (χ2n) is 7.50. The number of nitrogens with zero attached hydrogens (tertiary/aromatic N) is 3. The van der Waals surface area contributed by atoms with Crippen LogP contribution >= 0.6 is 11.3 Å². The summed E-state index contributed by atoms with van der Waals surface area (Å²) in [6, 6.07) is 7.90. The van der Waals surface area contributed by atoms with E-state index in [9.17, 15) is 19.7 Å². The molecule has 3 aromatic rings. The van der Waals surface area contributed by atoms with Gasteiger partial charge in [0.1, 0.15) is 12.2 Å². The molecule has 0 radical (unpaired) electrons. The third-order valence-electron chi connectivity index (χ3n) is 5.17. The second-order valence-corrected chi connectivity index (χ2v) is 8.22. The SMILES string of the molecule is COc1cc(C(=O)N(C)CC(=O)Nc2cccc(C)c2C)c([N+](=O)[O-])cc1OCc1cscn1. The van der Waals surface area contributed by atoms with Crippen LogP contribution in [0.5, 0.6) is 11.5 Å². The summed E-state index contributed by atoms with van der Waals surface area (Å²) >= 11 is 1.40. The lowest BCUT2D eigenvalue weighted by atomic mass is 10.1. The molecule has 2 amide bonds. The molecule has 34 heavy (non-hydrogen) atoms. The molecule has 1 aromatic heterocycles. The highest BCUT2D eigenvalue weighted by atomic mass is 32.1. The lowest BCUT2D eigenvalue weighted by molar-refractivity contribution is -0.385. The molecule has 0 aliphatic carbocycles. The molecular weight excluding hydrogens is 460 g/mol. The summed E-state index contributed by atoms with van der Waals surface area (Å²) < 4.78 is 10.9. The van der Waals surface area contributed by atoms with E-state index >= 15 is 0 Å². The van der Waals surface area contributed by atoms with Crippen LogP contribution < -0.4 is 14.8 Å². The molecule has 0 aliphatic heterocycles. The van der Waals surface area contributed by atoms with Crippen molar-refractivity contribution in [3.8, 4) is 11.5 Å². The van der Waals surface area contributed by atoms with E-state index in [0.29, 0.717) is 11.4 Å². The Labute approximate surface area is 200 Å². The van der Waals surface area contributed by atoms with E-state index < -0.39 is 22.4 Å². The largest absolute Gasteiger partial charge is 0.493 e. The van der Waals surface area contributed by atoms with Gasteiger partial charge in [0.25, 0.3) is 11.6 Å². The number of anilines is 1. The van der Waals surface area contributed by atoms with Gasteiger partial charge in [-0.25, -0.2) is 4.98 Å². The summed E-state index contributed by atoms with van der Waals surface area (Å²) in [5.41, 5.74) is 4.20. The number of rotatable bonds is 9. The van der Waals surface area contributed by atoms with Crippen molar-refractivity contribution in [2.45, 2.75) is 20.5 Å². The van der Waals surface area contributed by atoms with Gasteiger partial charge >= 0.3 is 0 Å². The van der Waals surface area contributed by atoms with Gasteiger partial charge in [-0.15, -0.1) is 11.3 Å². The van der Waals surface area contributed by atoms with Crippen LogP contribution in [0.4, 0.5) is 11.4 Å². The molecule has 3 rings (SSSR count). The van der Waals surface area contributed by atoms with Crippen LogP contribution in [0, 0.1) is 24.0 Å². The third kappa shape index (κ3) is 5.67. The number of aromatic nitrogens is 1. The van der Waals surface area contributed by atoms with Crippen molar-refractivity contribution >= 4 is 34.5 Å². The topological polar surface area (TPSA) is 124 Å². The predicted molar refractivity (Wildman–Crippen MR) is 128 cm³/mol. The molecular formula is C23H24N4O6S. The Kier molecular flexibility index (Phi) is 7.79. The van der Waals surface area contributed by atoms with Crippen molar-refractivity contribution in [3.05, 3.63) is 73.7 Å². The van der Waals surface area contributed by atoms with Crippen LogP contribution in [0.1, 0.15) is 27.2 Å². The molecule has 0 saturated carbocycles. The van der Waals surface area contributed by atoms with Gasteiger partial charge in [-0.3, -0.25) is 19.7 Å². The van der Waals surface area contributed by atoms with Crippen LogP contribution in [0.3, 0.4) is 0 Å². The van der Waals surface area contributed by atoms with Gasteiger partial charge < -0.3 is 19.7 Å². The number of nitro groups is 1. The summed E-state index contributed by atoms with van der Waals surface area (Å²) in [6.07, 6.45) is 0. The first-order chi connectivity index (χ1) is 16.2. The average Bonchev–Trinajstić information content (AvgIpc) is 3.33. The summed E-state index contributed by atoms with van der Waals surface area (Å²) in [7, 11) is 2.76. The highest BCUT2D eigenvalue weighted by Gasteiger charge is 2.28. The van der Waals surface area contributed by atoms with E-state index in [1.54, 1.807) is 17.0 Å². The number of likely N-dealkylation sites (N-methyl/N-ethyl adjacent to an activating group) is 1. The first-order valence-electron chi connectivity index (χ1n) is 10.2. The van der Waals surface area contributed by atoms with Gasteiger partial charge in [-0.05, 0) is 31.0 Å². The highest BCUT2D eigenvalue weighted by molar-refractivity contribution is 7.07. The third-order valence-corrected chi connectivity index (χ3v) is 5.81. The van der Waals surface area contributed by atoms with Gasteiger partial charge in [-0.1, -0.05) is 12.1 Å². The molecule has 2 aromatic carbocycles. The van der Waals surface area contributed by atoms with Crippen LogP contribution in [-0.2, 0) is 11.4 Å². The zero-order chi connectivity index (χ0) is 24.8. The molecule has 0 aliphatic rings. The monoisotopic (exact) mass is 484 g/mol.